The molecule has 0 aliphatic carbocycles. The third-order valence-electron chi connectivity index (χ3n) is 10.3. The molecule has 6 rings (SSSR count). The van der Waals surface area contributed by atoms with E-state index in [0.29, 0.717) is 69.5 Å². The smallest absolute Gasteiger partial charge is 0.340 e. The molecule has 13 nitrogen and oxygen atoms in total. The predicted molar refractivity (Wildman–Crippen MR) is 211 cm³/mol. The van der Waals surface area contributed by atoms with Gasteiger partial charge in [0.2, 0.25) is 0 Å². The number of esters is 1. The van der Waals surface area contributed by atoms with Gasteiger partial charge in [-0.25, -0.2) is 4.79 Å². The predicted octanol–water partition coefficient (Wildman–Crippen LogP) is 2.14. The zero-order valence-electron chi connectivity index (χ0n) is 32.4. The van der Waals surface area contributed by atoms with Gasteiger partial charge in [-0.15, -0.1) is 0 Å². The van der Waals surface area contributed by atoms with Crippen LogP contribution in [0.15, 0.2) is 66.7 Å². The molecule has 3 aromatic carbocycles. The van der Waals surface area contributed by atoms with Crippen LogP contribution in [0.1, 0.15) is 37.4 Å². The fraction of sp³-hybridized carbons (Fsp3) is 0.415. The average molecular weight is 771 g/mol. The first kappa shape index (κ1) is 39.8. The monoisotopic (exact) mass is 770 g/mol. The van der Waals surface area contributed by atoms with Crippen LogP contribution < -0.4 is 25.5 Å². The van der Waals surface area contributed by atoms with Gasteiger partial charge in [0.1, 0.15) is 8.07 Å². The Balaban J connectivity index is 1.01. The first-order valence-electron chi connectivity index (χ1n) is 18.5. The summed E-state index contributed by atoms with van der Waals surface area (Å²) in [5.41, 5.74) is 4.40. The summed E-state index contributed by atoms with van der Waals surface area (Å²) in [6.45, 7) is 7.94. The number of hydrogen-bond acceptors (Lipinski definition) is 11. The lowest BCUT2D eigenvalue weighted by atomic mass is 9.78. The molecule has 14 heteroatoms. The van der Waals surface area contributed by atoms with Crippen molar-refractivity contribution < 1.29 is 42.9 Å². The number of ether oxygens (including phenoxy) is 5. The van der Waals surface area contributed by atoms with Crippen LogP contribution >= 0.6 is 0 Å². The molecule has 0 saturated carbocycles. The molecule has 0 fully saturated rings. The van der Waals surface area contributed by atoms with Crippen molar-refractivity contribution >= 4 is 53.5 Å². The zero-order valence-corrected chi connectivity index (χ0v) is 33.4. The van der Waals surface area contributed by atoms with Crippen LogP contribution in [0.5, 0.6) is 0 Å². The van der Waals surface area contributed by atoms with Crippen LogP contribution in [0.3, 0.4) is 0 Å². The topological polar surface area (TPSA) is 136 Å². The van der Waals surface area contributed by atoms with Crippen molar-refractivity contribution in [2.24, 2.45) is 0 Å². The van der Waals surface area contributed by atoms with Gasteiger partial charge < -0.3 is 38.8 Å². The van der Waals surface area contributed by atoms with E-state index in [4.69, 9.17) is 23.7 Å². The van der Waals surface area contributed by atoms with E-state index in [1.165, 1.54) is 22.5 Å². The normalized spacial score (nSPS) is 15.9. The van der Waals surface area contributed by atoms with Crippen LogP contribution in [-0.2, 0) is 38.9 Å². The first-order valence-corrected chi connectivity index (χ1v) is 21.5. The first-order chi connectivity index (χ1) is 26.4. The van der Waals surface area contributed by atoms with Crippen LogP contribution in [0, 0.1) is 0 Å². The molecular formula is C41H50N4O9Si. The molecule has 3 aliphatic heterocycles. The maximum atomic E-state index is 13.6. The summed E-state index contributed by atoms with van der Waals surface area (Å²) in [7, 11) is 5.80. The summed E-state index contributed by atoms with van der Waals surface area (Å²) in [5.74, 6) is -1.33. The second kappa shape index (κ2) is 16.9. The second-order valence-corrected chi connectivity index (χ2v) is 18.9. The van der Waals surface area contributed by atoms with Crippen molar-refractivity contribution in [3.63, 3.8) is 0 Å². The van der Waals surface area contributed by atoms with Crippen molar-refractivity contribution in [2.45, 2.75) is 18.7 Å². The van der Waals surface area contributed by atoms with Crippen molar-refractivity contribution in [1.82, 2.24) is 10.2 Å². The van der Waals surface area contributed by atoms with E-state index in [1.54, 1.807) is 12.1 Å². The minimum Gasteiger partial charge on any atom is -0.441 e. The van der Waals surface area contributed by atoms with Crippen LogP contribution in [0.2, 0.25) is 13.1 Å². The lowest BCUT2D eigenvalue weighted by molar-refractivity contribution is -0.137. The molecule has 0 atom stereocenters. The number of carbonyl (C=O) groups is 4. The fourth-order valence-electron chi connectivity index (χ4n) is 7.27. The molecule has 3 aliphatic rings. The highest BCUT2D eigenvalue weighted by molar-refractivity contribution is 7.01. The molecule has 3 heterocycles. The van der Waals surface area contributed by atoms with Gasteiger partial charge in [-0.2, -0.15) is 0 Å². The van der Waals surface area contributed by atoms with Crippen molar-refractivity contribution in [1.29, 1.82) is 0 Å². The number of hydrogen-bond donors (Lipinski definition) is 1. The Morgan fingerprint density at radius 2 is 1.20 bits per heavy atom. The van der Waals surface area contributed by atoms with Gasteiger partial charge in [-0.1, -0.05) is 25.2 Å². The summed E-state index contributed by atoms with van der Waals surface area (Å²) in [5, 5.41) is 5.32. The number of nitrogens with zero attached hydrogens (tertiary/aromatic N) is 3. The molecule has 1 spiro atoms. The molecule has 292 valence electrons. The Bertz CT molecular complexity index is 1900. The SMILES string of the molecule is CN(C)c1ccc2c(c1)[Si](C)(C)c1cc(N(C)C)ccc1C21OC(=O)c2ccc(C(=O)NCCOCCOCCOCCOCCN3C(=O)C=CC3=O)cc21. The number of nitrogens with one attached hydrogen (secondary N) is 1. The number of imide groups is 1. The summed E-state index contributed by atoms with van der Waals surface area (Å²) >= 11 is 0. The Labute approximate surface area is 323 Å². The van der Waals surface area contributed by atoms with Gasteiger partial charge in [-0.3, -0.25) is 19.3 Å². The second-order valence-electron chi connectivity index (χ2n) is 14.6. The van der Waals surface area contributed by atoms with Gasteiger partial charge in [0, 0.05) is 80.5 Å². The van der Waals surface area contributed by atoms with E-state index in [0.717, 1.165) is 27.4 Å². The highest BCUT2D eigenvalue weighted by atomic mass is 28.3. The lowest BCUT2D eigenvalue weighted by Crippen LogP contribution is -2.63. The molecular weight excluding hydrogens is 721 g/mol. The average Bonchev–Trinajstić information content (AvgIpc) is 3.65. The van der Waals surface area contributed by atoms with Crippen molar-refractivity contribution in [2.75, 3.05) is 104 Å². The van der Waals surface area contributed by atoms with E-state index >= 15 is 0 Å². The van der Waals surface area contributed by atoms with Gasteiger partial charge in [-0.05, 0) is 52.8 Å². The zero-order chi connectivity index (χ0) is 39.3. The lowest BCUT2D eigenvalue weighted by Gasteiger charge is -2.44. The molecule has 0 saturated heterocycles. The number of amides is 3. The highest BCUT2D eigenvalue weighted by Gasteiger charge is 2.56. The van der Waals surface area contributed by atoms with Gasteiger partial charge in [0.15, 0.2) is 5.60 Å². The van der Waals surface area contributed by atoms with E-state index in [9.17, 15) is 19.2 Å². The Kier molecular flexibility index (Phi) is 12.2. The van der Waals surface area contributed by atoms with Crippen LogP contribution in [0.4, 0.5) is 11.4 Å². The Morgan fingerprint density at radius 3 is 1.73 bits per heavy atom. The molecule has 0 bridgehead atoms. The summed E-state index contributed by atoms with van der Waals surface area (Å²) in [6, 6.07) is 18.0. The van der Waals surface area contributed by atoms with Crippen LogP contribution in [0.25, 0.3) is 0 Å². The largest absolute Gasteiger partial charge is 0.441 e. The molecule has 0 aromatic heterocycles. The number of carbonyl (C=O) groups excluding carboxylic acids is 4. The van der Waals surface area contributed by atoms with E-state index in [2.05, 4.69) is 64.6 Å². The maximum Gasteiger partial charge on any atom is 0.340 e. The van der Waals surface area contributed by atoms with E-state index < -0.39 is 19.6 Å². The minimum atomic E-state index is -2.29. The number of benzene rings is 3. The third kappa shape index (κ3) is 8.09. The van der Waals surface area contributed by atoms with Crippen molar-refractivity contribution in [3.05, 3.63) is 94.6 Å². The van der Waals surface area contributed by atoms with Gasteiger partial charge in [0.05, 0.1) is 65.0 Å². The molecule has 0 radical (unpaired) electrons. The number of rotatable bonds is 18. The number of anilines is 2. The van der Waals surface area contributed by atoms with Crippen molar-refractivity contribution in [3.8, 4) is 0 Å². The quantitative estimate of drug-likeness (QED) is 0.0883. The molecule has 0 unspecified atom stereocenters. The number of fused-ring (bicyclic) bond motifs is 6. The Morgan fingerprint density at radius 1 is 0.691 bits per heavy atom. The Hall–Kier alpha value is -4.86. The molecule has 1 N–H and O–H groups in total. The minimum absolute atomic E-state index is 0.213. The van der Waals surface area contributed by atoms with E-state index in [1.807, 2.05) is 34.3 Å². The summed E-state index contributed by atoms with van der Waals surface area (Å²) < 4.78 is 28.6. The molecule has 3 aromatic rings. The molecule has 3 amide bonds. The van der Waals surface area contributed by atoms with E-state index in [-0.39, 0.29) is 30.9 Å². The van der Waals surface area contributed by atoms with Gasteiger partial charge in [0.25, 0.3) is 17.7 Å². The maximum absolute atomic E-state index is 13.6. The highest BCUT2D eigenvalue weighted by Crippen LogP contribution is 2.49. The summed E-state index contributed by atoms with van der Waals surface area (Å²) in [4.78, 5) is 55.4. The fourth-order valence-corrected chi connectivity index (χ4v) is 10.4. The standard InChI is InChI=1S/C41H50N4O9Si/c1-43(2)29-8-11-32-35(26-29)55(5,6)36-27-30(44(3)4)9-12-33(36)41(32)34-25-28(7-10-31(34)40(49)54-41)39(48)42-15-17-50-19-21-52-23-24-53-22-20-51-18-16-45-37(46)13-14-38(45)47/h7-14,25-27H,15-24H2,1-6H3,(H,42,48). The summed E-state index contributed by atoms with van der Waals surface area (Å²) in [6.07, 6.45) is 2.50. The van der Waals surface area contributed by atoms with Crippen LogP contribution in [-0.4, -0.2) is 131 Å². The van der Waals surface area contributed by atoms with Gasteiger partial charge >= 0.3 is 5.97 Å². The third-order valence-corrected chi connectivity index (χ3v) is 13.8. The molecule has 55 heavy (non-hydrogen) atoms.